The second-order valence-corrected chi connectivity index (χ2v) is 11.1. The number of hydrogen-bond donors (Lipinski definition) is 1. The van der Waals surface area contributed by atoms with E-state index < -0.39 is 17.8 Å². The molecule has 2 aromatic rings. The van der Waals surface area contributed by atoms with E-state index in [4.69, 9.17) is 9.47 Å². The van der Waals surface area contributed by atoms with E-state index in [0.717, 1.165) is 17.5 Å². The minimum absolute atomic E-state index is 0.0153. The van der Waals surface area contributed by atoms with E-state index in [0.29, 0.717) is 19.6 Å². The first-order valence-electron chi connectivity index (χ1n) is 11.9. The van der Waals surface area contributed by atoms with Crippen LogP contribution in [0.4, 0.5) is 9.18 Å². The van der Waals surface area contributed by atoms with Gasteiger partial charge in [-0.15, -0.1) is 0 Å². The number of carbonyl (C=O) groups is 2. The van der Waals surface area contributed by atoms with Crippen LogP contribution in [0.2, 0.25) is 0 Å². The summed E-state index contributed by atoms with van der Waals surface area (Å²) in [6.07, 6.45) is 1.88. The largest absolute Gasteiger partial charge is 0.444 e. The summed E-state index contributed by atoms with van der Waals surface area (Å²) in [4.78, 5) is 28.1. The van der Waals surface area contributed by atoms with Gasteiger partial charge in [-0.05, 0) is 62.3 Å². The second-order valence-electron chi connectivity index (χ2n) is 10.0. The van der Waals surface area contributed by atoms with Crippen molar-refractivity contribution in [3.05, 3.63) is 71.0 Å². The summed E-state index contributed by atoms with van der Waals surface area (Å²) in [7, 11) is 0. The molecule has 0 spiro atoms. The minimum Gasteiger partial charge on any atom is -0.444 e. The van der Waals surface area contributed by atoms with Crippen LogP contribution in [0.25, 0.3) is 0 Å². The number of nitrogens with one attached hydrogen (secondary N) is 1. The van der Waals surface area contributed by atoms with Gasteiger partial charge in [-0.2, -0.15) is 11.8 Å². The molecule has 1 N–H and O–H groups in total. The highest BCUT2D eigenvalue weighted by atomic mass is 32.2. The topological polar surface area (TPSA) is 67.9 Å². The van der Waals surface area contributed by atoms with Crippen LogP contribution in [-0.4, -0.2) is 59.3 Å². The zero-order valence-corrected chi connectivity index (χ0v) is 21.4. The highest BCUT2D eigenvalue weighted by Gasteiger charge is 2.41. The van der Waals surface area contributed by atoms with Crippen LogP contribution < -0.4 is 5.32 Å². The first-order valence-corrected chi connectivity index (χ1v) is 13.2. The molecule has 35 heavy (non-hydrogen) atoms. The second kappa shape index (κ2) is 10.6. The van der Waals surface area contributed by atoms with Crippen LogP contribution in [0.5, 0.6) is 0 Å². The van der Waals surface area contributed by atoms with Crippen molar-refractivity contribution < 1.29 is 23.5 Å². The number of thioether (sulfide) groups is 1. The molecule has 0 aliphatic carbocycles. The zero-order chi connectivity index (χ0) is 25.2. The molecule has 0 saturated carbocycles. The lowest BCUT2D eigenvalue weighted by molar-refractivity contribution is -0.149. The van der Waals surface area contributed by atoms with Crippen molar-refractivity contribution in [1.82, 2.24) is 10.2 Å². The molecular weight excluding hydrogens is 467 g/mol. The first-order chi connectivity index (χ1) is 16.7. The van der Waals surface area contributed by atoms with Crippen LogP contribution in [0.1, 0.15) is 49.9 Å². The van der Waals surface area contributed by atoms with Crippen molar-refractivity contribution in [2.75, 3.05) is 19.4 Å². The summed E-state index contributed by atoms with van der Waals surface area (Å²) >= 11 is 1.60. The highest BCUT2D eigenvalue weighted by molar-refractivity contribution is 7.99. The fourth-order valence-corrected chi connectivity index (χ4v) is 5.51. The summed E-state index contributed by atoms with van der Waals surface area (Å²) in [6.45, 7) is 6.34. The van der Waals surface area contributed by atoms with Crippen LogP contribution in [0.3, 0.4) is 0 Å². The summed E-state index contributed by atoms with van der Waals surface area (Å²) in [5, 5.41) is 2.97. The van der Waals surface area contributed by atoms with Crippen molar-refractivity contribution in [2.24, 2.45) is 0 Å². The molecule has 0 aromatic heterocycles. The van der Waals surface area contributed by atoms with Gasteiger partial charge in [-0.1, -0.05) is 36.4 Å². The van der Waals surface area contributed by atoms with Crippen LogP contribution in [-0.2, 0) is 20.7 Å². The smallest absolute Gasteiger partial charge is 0.407 e. The Morgan fingerprint density at radius 1 is 1.14 bits per heavy atom. The average molecular weight is 501 g/mol. The summed E-state index contributed by atoms with van der Waals surface area (Å²) in [5.74, 6) is -0.435. The average Bonchev–Trinajstić information content (AvgIpc) is 2.82. The molecule has 1 saturated heterocycles. The van der Waals surface area contributed by atoms with E-state index in [2.05, 4.69) is 11.4 Å². The van der Waals surface area contributed by atoms with Gasteiger partial charge in [0.05, 0.1) is 12.6 Å². The molecule has 6 nitrogen and oxygen atoms in total. The Labute approximate surface area is 210 Å². The number of carbonyl (C=O) groups excluding carboxylic acids is 2. The Morgan fingerprint density at radius 3 is 2.54 bits per heavy atom. The monoisotopic (exact) mass is 500 g/mol. The van der Waals surface area contributed by atoms with Gasteiger partial charge in [0.15, 0.2) is 0 Å². The molecule has 0 radical (unpaired) electrons. The number of nitrogens with zero attached hydrogens (tertiary/aromatic N) is 1. The van der Waals surface area contributed by atoms with Gasteiger partial charge in [-0.3, -0.25) is 4.79 Å². The third-order valence-electron chi connectivity index (χ3n) is 6.41. The predicted octanol–water partition coefficient (Wildman–Crippen LogP) is 4.71. The Balaban J connectivity index is 1.57. The first kappa shape index (κ1) is 25.5. The Bertz CT molecular complexity index is 1060. The lowest BCUT2D eigenvalue weighted by atomic mass is 9.87. The molecule has 188 valence electrons. The zero-order valence-electron chi connectivity index (χ0n) is 20.6. The summed E-state index contributed by atoms with van der Waals surface area (Å²) in [6, 6.07) is 13.8. The van der Waals surface area contributed by atoms with Gasteiger partial charge in [0, 0.05) is 24.3 Å². The quantitative estimate of drug-likeness (QED) is 0.658. The normalized spacial score (nSPS) is 24.4. The van der Waals surface area contributed by atoms with Gasteiger partial charge in [0.2, 0.25) is 0 Å². The van der Waals surface area contributed by atoms with E-state index in [1.807, 2.05) is 50.1 Å². The molecule has 2 aliphatic rings. The lowest BCUT2D eigenvalue weighted by Crippen LogP contribution is -2.55. The van der Waals surface area contributed by atoms with Crippen LogP contribution in [0, 0.1) is 5.82 Å². The van der Waals surface area contributed by atoms with Gasteiger partial charge in [0.1, 0.15) is 17.5 Å². The molecule has 2 heterocycles. The van der Waals surface area contributed by atoms with Crippen molar-refractivity contribution in [3.63, 3.8) is 0 Å². The third-order valence-corrected chi connectivity index (χ3v) is 7.48. The molecule has 2 amide bonds. The highest BCUT2D eigenvalue weighted by Crippen LogP contribution is 2.37. The number of halogens is 1. The molecule has 4 rings (SSSR count). The lowest BCUT2D eigenvalue weighted by Gasteiger charge is -2.42. The predicted molar refractivity (Wildman–Crippen MR) is 135 cm³/mol. The number of benzene rings is 2. The third kappa shape index (κ3) is 5.98. The Kier molecular flexibility index (Phi) is 7.71. The molecule has 4 atom stereocenters. The van der Waals surface area contributed by atoms with Crippen molar-refractivity contribution in [2.45, 2.75) is 62.7 Å². The van der Waals surface area contributed by atoms with Gasteiger partial charge in [-0.25, -0.2) is 9.18 Å². The molecule has 0 bridgehead atoms. The van der Waals surface area contributed by atoms with E-state index in [1.165, 1.54) is 17.7 Å². The maximum atomic E-state index is 13.8. The van der Waals surface area contributed by atoms with Crippen LogP contribution in [0.15, 0.2) is 48.5 Å². The maximum Gasteiger partial charge on any atom is 0.407 e. The van der Waals surface area contributed by atoms with Crippen LogP contribution >= 0.6 is 11.8 Å². The molecule has 1 fully saturated rings. The SMILES string of the molecule is CSC1CO[C@@H](C(=O)N2CCc3ccccc3[C@@H]2c2ccc(F)cc2)C[C@@H]1NC(=O)OC(C)(C)C. The number of hydrogen-bond acceptors (Lipinski definition) is 5. The van der Waals surface area contributed by atoms with E-state index in [9.17, 15) is 14.0 Å². The van der Waals surface area contributed by atoms with E-state index in [1.54, 1.807) is 23.9 Å². The Hall–Kier alpha value is -2.58. The van der Waals surface area contributed by atoms with Crippen molar-refractivity contribution in [1.29, 1.82) is 0 Å². The summed E-state index contributed by atoms with van der Waals surface area (Å²) in [5.41, 5.74) is 2.47. The van der Waals surface area contributed by atoms with Gasteiger partial charge < -0.3 is 19.7 Å². The number of amides is 2. The summed E-state index contributed by atoms with van der Waals surface area (Å²) < 4.78 is 25.1. The number of fused-ring (bicyclic) bond motifs is 1. The molecule has 2 aliphatic heterocycles. The fourth-order valence-electron chi connectivity index (χ4n) is 4.79. The van der Waals surface area contributed by atoms with Crippen molar-refractivity contribution >= 4 is 23.8 Å². The standard InChI is InChI=1S/C27H33FN2O4S/c1-27(2,3)34-26(32)29-21-15-22(33-16-23(21)35-4)25(31)30-14-13-17-7-5-6-8-20(17)24(30)18-9-11-19(28)12-10-18/h5-12,21-24H,13-16H2,1-4H3,(H,29,32)/t21-,22+,23?,24-/m0/s1. The molecule has 8 heteroatoms. The Morgan fingerprint density at radius 2 is 1.86 bits per heavy atom. The number of rotatable bonds is 4. The fraction of sp³-hybridized carbons (Fsp3) is 0.481. The van der Waals surface area contributed by atoms with E-state index in [-0.39, 0.29) is 29.1 Å². The maximum absolute atomic E-state index is 13.8. The molecule has 2 aromatic carbocycles. The minimum atomic E-state index is -0.688. The van der Waals surface area contributed by atoms with Gasteiger partial charge in [0.25, 0.3) is 5.91 Å². The number of ether oxygens (including phenoxy) is 2. The molecule has 1 unspecified atom stereocenters. The number of alkyl carbamates (subject to hydrolysis) is 1. The van der Waals surface area contributed by atoms with E-state index >= 15 is 0 Å². The van der Waals surface area contributed by atoms with Crippen molar-refractivity contribution in [3.8, 4) is 0 Å². The van der Waals surface area contributed by atoms with Gasteiger partial charge >= 0.3 is 6.09 Å². The molecular formula is C27H33FN2O4S.